The normalized spacial score (nSPS) is 9.92. The molecule has 1 rings (SSSR count). The van der Waals surface area contributed by atoms with Gasteiger partial charge in [0.15, 0.2) is 0 Å². The number of nitrogens with one attached hydrogen (secondary N) is 1. The minimum absolute atomic E-state index is 0.283. The smallest absolute Gasteiger partial charge is 0.148 e. The van der Waals surface area contributed by atoms with Gasteiger partial charge in [-0.25, -0.2) is 4.39 Å². The second-order valence-electron chi connectivity index (χ2n) is 2.65. The highest BCUT2D eigenvalue weighted by Gasteiger charge is 2.05. The van der Waals surface area contributed by atoms with Crippen molar-refractivity contribution in [3.8, 4) is 0 Å². The maximum Gasteiger partial charge on any atom is 0.148 e. The molecule has 0 atom stereocenters. The highest BCUT2D eigenvalue weighted by Crippen LogP contribution is 2.23. The van der Waals surface area contributed by atoms with E-state index in [2.05, 4.69) is 5.32 Å². The highest BCUT2D eigenvalue weighted by atomic mass is 19.1. The monoisotopic (exact) mass is 168 g/mol. The maximum atomic E-state index is 13.2. The summed E-state index contributed by atoms with van der Waals surface area (Å²) in [4.78, 5) is 0. The number of hydrogen-bond donors (Lipinski definition) is 2. The molecule has 0 heterocycles. The molecule has 1 aromatic carbocycles. The standard InChI is InChI=1S/C9H13FN2/c1-3-6-4-7(10)9(12-2)8(11)5-6/h4-5,12H,3,11H2,1-2H3. The van der Waals surface area contributed by atoms with Gasteiger partial charge in [0.1, 0.15) is 5.82 Å². The summed E-state index contributed by atoms with van der Waals surface area (Å²) in [5.41, 5.74) is 7.37. The summed E-state index contributed by atoms with van der Waals surface area (Å²) in [5, 5.41) is 2.71. The Morgan fingerprint density at radius 1 is 1.50 bits per heavy atom. The van der Waals surface area contributed by atoms with Crippen LogP contribution in [-0.2, 0) is 6.42 Å². The summed E-state index contributed by atoms with van der Waals surface area (Å²) in [6, 6.07) is 3.29. The van der Waals surface area contributed by atoms with Gasteiger partial charge < -0.3 is 11.1 Å². The van der Waals surface area contributed by atoms with Crippen LogP contribution in [-0.4, -0.2) is 7.05 Å². The second-order valence-corrected chi connectivity index (χ2v) is 2.65. The van der Waals surface area contributed by atoms with E-state index >= 15 is 0 Å². The summed E-state index contributed by atoms with van der Waals surface area (Å²) >= 11 is 0. The average Bonchev–Trinajstić information content (AvgIpc) is 2.03. The molecule has 12 heavy (non-hydrogen) atoms. The van der Waals surface area contributed by atoms with Crippen LogP contribution >= 0.6 is 0 Å². The molecule has 66 valence electrons. The lowest BCUT2D eigenvalue weighted by atomic mass is 10.1. The Bertz CT molecular complexity index is 261. The van der Waals surface area contributed by atoms with E-state index in [0.717, 1.165) is 12.0 Å². The van der Waals surface area contributed by atoms with Crippen LogP contribution in [0, 0.1) is 5.82 Å². The third-order valence-corrected chi connectivity index (χ3v) is 1.84. The van der Waals surface area contributed by atoms with Crippen LogP contribution in [0.15, 0.2) is 12.1 Å². The molecule has 0 bridgehead atoms. The van der Waals surface area contributed by atoms with Crippen molar-refractivity contribution in [2.45, 2.75) is 13.3 Å². The fraction of sp³-hybridized carbons (Fsp3) is 0.333. The van der Waals surface area contributed by atoms with Gasteiger partial charge in [-0.1, -0.05) is 6.92 Å². The van der Waals surface area contributed by atoms with Crippen molar-refractivity contribution >= 4 is 11.4 Å². The van der Waals surface area contributed by atoms with E-state index in [1.54, 1.807) is 13.1 Å². The van der Waals surface area contributed by atoms with E-state index in [1.165, 1.54) is 6.07 Å². The molecule has 0 aliphatic rings. The van der Waals surface area contributed by atoms with E-state index in [9.17, 15) is 4.39 Å². The molecule has 0 radical (unpaired) electrons. The molecule has 2 nitrogen and oxygen atoms in total. The van der Waals surface area contributed by atoms with Gasteiger partial charge in [-0.15, -0.1) is 0 Å². The summed E-state index contributed by atoms with van der Waals surface area (Å²) in [7, 11) is 1.65. The lowest BCUT2D eigenvalue weighted by Crippen LogP contribution is -2.00. The molecule has 3 heteroatoms. The number of aryl methyl sites for hydroxylation is 1. The fourth-order valence-electron chi connectivity index (χ4n) is 1.15. The maximum absolute atomic E-state index is 13.2. The first-order valence-electron chi connectivity index (χ1n) is 3.94. The quantitative estimate of drug-likeness (QED) is 0.663. The van der Waals surface area contributed by atoms with Crippen LogP contribution in [0.3, 0.4) is 0 Å². The molecule has 0 aromatic heterocycles. The molecular weight excluding hydrogens is 155 g/mol. The predicted molar refractivity (Wildman–Crippen MR) is 49.7 cm³/mol. The van der Waals surface area contributed by atoms with Gasteiger partial charge in [-0.05, 0) is 24.1 Å². The van der Waals surface area contributed by atoms with Crippen LogP contribution in [0.2, 0.25) is 0 Å². The number of anilines is 2. The minimum Gasteiger partial charge on any atom is -0.397 e. The zero-order chi connectivity index (χ0) is 9.14. The molecule has 0 amide bonds. The first kappa shape index (κ1) is 8.84. The Morgan fingerprint density at radius 2 is 2.17 bits per heavy atom. The Labute approximate surface area is 71.6 Å². The molecule has 1 aromatic rings. The zero-order valence-electron chi connectivity index (χ0n) is 7.32. The van der Waals surface area contributed by atoms with Gasteiger partial charge >= 0.3 is 0 Å². The third-order valence-electron chi connectivity index (χ3n) is 1.84. The van der Waals surface area contributed by atoms with Gasteiger partial charge in [0.2, 0.25) is 0 Å². The van der Waals surface area contributed by atoms with Gasteiger partial charge in [-0.3, -0.25) is 0 Å². The second kappa shape index (κ2) is 3.43. The van der Waals surface area contributed by atoms with E-state index in [0.29, 0.717) is 11.4 Å². The molecule has 0 saturated carbocycles. The van der Waals surface area contributed by atoms with Crippen molar-refractivity contribution < 1.29 is 4.39 Å². The molecule has 0 spiro atoms. The number of hydrogen-bond acceptors (Lipinski definition) is 2. The van der Waals surface area contributed by atoms with Gasteiger partial charge in [0.25, 0.3) is 0 Å². The minimum atomic E-state index is -0.283. The molecular formula is C9H13FN2. The third kappa shape index (κ3) is 1.49. The Morgan fingerprint density at radius 3 is 2.58 bits per heavy atom. The van der Waals surface area contributed by atoms with Crippen LogP contribution in [0.5, 0.6) is 0 Å². The molecule has 0 aliphatic heterocycles. The molecule has 0 aliphatic carbocycles. The Hall–Kier alpha value is -1.25. The van der Waals surface area contributed by atoms with E-state index in [-0.39, 0.29) is 5.82 Å². The van der Waals surface area contributed by atoms with Crippen molar-refractivity contribution in [2.75, 3.05) is 18.1 Å². The average molecular weight is 168 g/mol. The van der Waals surface area contributed by atoms with Crippen molar-refractivity contribution in [3.63, 3.8) is 0 Å². The van der Waals surface area contributed by atoms with Crippen molar-refractivity contribution in [3.05, 3.63) is 23.5 Å². The summed E-state index contributed by atoms with van der Waals surface area (Å²) in [6.45, 7) is 1.97. The lowest BCUT2D eigenvalue weighted by Gasteiger charge is -2.07. The SMILES string of the molecule is CCc1cc(N)c(NC)c(F)c1. The van der Waals surface area contributed by atoms with E-state index in [4.69, 9.17) is 5.73 Å². The molecule has 0 unspecified atom stereocenters. The fourth-order valence-corrected chi connectivity index (χ4v) is 1.15. The highest BCUT2D eigenvalue weighted by molar-refractivity contribution is 5.67. The summed E-state index contributed by atoms with van der Waals surface area (Å²) in [6.07, 6.45) is 0.797. The Balaban J connectivity index is 3.18. The number of nitrogen functional groups attached to an aromatic ring is 1. The number of rotatable bonds is 2. The summed E-state index contributed by atoms with van der Waals surface area (Å²) < 4.78 is 13.2. The topological polar surface area (TPSA) is 38.0 Å². The van der Waals surface area contributed by atoms with Gasteiger partial charge in [-0.2, -0.15) is 0 Å². The summed E-state index contributed by atoms with van der Waals surface area (Å²) in [5.74, 6) is -0.283. The van der Waals surface area contributed by atoms with Crippen LogP contribution < -0.4 is 11.1 Å². The molecule has 0 fully saturated rings. The van der Waals surface area contributed by atoms with Crippen molar-refractivity contribution in [2.24, 2.45) is 0 Å². The van der Waals surface area contributed by atoms with Gasteiger partial charge in [0, 0.05) is 7.05 Å². The van der Waals surface area contributed by atoms with Crippen molar-refractivity contribution in [1.82, 2.24) is 0 Å². The predicted octanol–water partition coefficient (Wildman–Crippen LogP) is 2.01. The van der Waals surface area contributed by atoms with E-state index < -0.39 is 0 Å². The first-order chi connectivity index (χ1) is 5.69. The number of halogens is 1. The van der Waals surface area contributed by atoms with Crippen LogP contribution in [0.4, 0.5) is 15.8 Å². The largest absolute Gasteiger partial charge is 0.397 e. The first-order valence-corrected chi connectivity index (χ1v) is 3.94. The molecule has 0 saturated heterocycles. The van der Waals surface area contributed by atoms with Crippen molar-refractivity contribution in [1.29, 1.82) is 0 Å². The Kier molecular flexibility index (Phi) is 2.53. The van der Waals surface area contributed by atoms with E-state index in [1.807, 2.05) is 6.92 Å². The zero-order valence-corrected chi connectivity index (χ0v) is 7.32. The molecule has 3 N–H and O–H groups in total. The van der Waals surface area contributed by atoms with Gasteiger partial charge in [0.05, 0.1) is 11.4 Å². The van der Waals surface area contributed by atoms with Crippen LogP contribution in [0.1, 0.15) is 12.5 Å². The lowest BCUT2D eigenvalue weighted by molar-refractivity contribution is 0.630. The number of nitrogens with two attached hydrogens (primary N) is 1. The van der Waals surface area contributed by atoms with Crippen LogP contribution in [0.25, 0.3) is 0 Å². The number of benzene rings is 1.